The van der Waals surface area contributed by atoms with Crippen LogP contribution in [0.3, 0.4) is 0 Å². The van der Waals surface area contributed by atoms with E-state index in [2.05, 4.69) is 16.4 Å². The maximum absolute atomic E-state index is 12.9. The number of anilines is 1. The summed E-state index contributed by atoms with van der Waals surface area (Å²) >= 11 is 0. The van der Waals surface area contributed by atoms with Gasteiger partial charge in [0.05, 0.1) is 12.5 Å². The third-order valence-electron chi connectivity index (χ3n) is 4.62. The van der Waals surface area contributed by atoms with Crippen LogP contribution in [-0.2, 0) is 10.2 Å². The van der Waals surface area contributed by atoms with Crippen LogP contribution in [-0.4, -0.2) is 18.0 Å². The number of carbonyl (C=O) groups is 1. The molecule has 1 aromatic heterocycles. The highest BCUT2D eigenvalue weighted by Gasteiger charge is 2.52. The van der Waals surface area contributed by atoms with Crippen molar-refractivity contribution in [2.75, 3.05) is 12.4 Å². The van der Waals surface area contributed by atoms with Crippen LogP contribution in [0.15, 0.2) is 54.7 Å². The van der Waals surface area contributed by atoms with E-state index in [1.165, 1.54) is 0 Å². The summed E-state index contributed by atoms with van der Waals surface area (Å²) in [5, 5.41) is 4.17. The van der Waals surface area contributed by atoms with Crippen LogP contribution in [0.25, 0.3) is 10.9 Å². The highest BCUT2D eigenvalue weighted by Crippen LogP contribution is 2.51. The molecule has 4 rings (SSSR count). The van der Waals surface area contributed by atoms with Gasteiger partial charge in [0.2, 0.25) is 5.91 Å². The van der Waals surface area contributed by atoms with Gasteiger partial charge in [0.25, 0.3) is 0 Å². The maximum Gasteiger partial charge on any atom is 0.235 e. The van der Waals surface area contributed by atoms with Gasteiger partial charge in [0.15, 0.2) is 0 Å². The molecule has 1 aliphatic carbocycles. The van der Waals surface area contributed by atoms with E-state index in [0.717, 1.165) is 40.7 Å². The fraction of sp³-hybridized carbons (Fsp3) is 0.211. The first-order valence-electron chi connectivity index (χ1n) is 7.75. The largest absolute Gasteiger partial charge is 0.497 e. The molecule has 116 valence electrons. The van der Waals surface area contributed by atoms with Gasteiger partial charge < -0.3 is 15.0 Å². The van der Waals surface area contributed by atoms with Gasteiger partial charge in [-0.3, -0.25) is 4.79 Å². The van der Waals surface area contributed by atoms with Crippen molar-refractivity contribution in [2.24, 2.45) is 0 Å². The van der Waals surface area contributed by atoms with Gasteiger partial charge in [0, 0.05) is 28.9 Å². The summed E-state index contributed by atoms with van der Waals surface area (Å²) in [6.45, 7) is 0. The molecule has 0 spiro atoms. The summed E-state index contributed by atoms with van der Waals surface area (Å²) < 4.78 is 5.21. The molecule has 1 fully saturated rings. The molecular formula is C19H18N2O2. The Balaban J connectivity index is 1.65. The number of benzene rings is 2. The van der Waals surface area contributed by atoms with Crippen LogP contribution >= 0.6 is 0 Å². The summed E-state index contributed by atoms with van der Waals surface area (Å²) in [6, 6.07) is 15.6. The lowest BCUT2D eigenvalue weighted by Gasteiger charge is -2.15. The SMILES string of the molecule is COc1cccc(NC(=O)C2(c3c[nH]c4ccccc34)CC2)c1. The Bertz CT molecular complexity index is 878. The van der Waals surface area contributed by atoms with E-state index in [4.69, 9.17) is 4.74 Å². The van der Waals surface area contributed by atoms with Gasteiger partial charge in [-0.1, -0.05) is 24.3 Å². The third kappa shape index (κ3) is 2.27. The number of fused-ring (bicyclic) bond motifs is 1. The number of hydrogen-bond donors (Lipinski definition) is 2. The predicted molar refractivity (Wildman–Crippen MR) is 90.8 cm³/mol. The van der Waals surface area contributed by atoms with E-state index in [-0.39, 0.29) is 5.91 Å². The molecule has 1 aliphatic rings. The van der Waals surface area contributed by atoms with Crippen LogP contribution in [0.4, 0.5) is 5.69 Å². The Morgan fingerprint density at radius 2 is 2.00 bits per heavy atom. The van der Waals surface area contributed by atoms with E-state index in [1.807, 2.05) is 48.7 Å². The van der Waals surface area contributed by atoms with E-state index in [0.29, 0.717) is 0 Å². The second kappa shape index (κ2) is 5.16. The number of carbonyl (C=O) groups excluding carboxylic acids is 1. The lowest BCUT2D eigenvalue weighted by atomic mass is 9.94. The summed E-state index contributed by atoms with van der Waals surface area (Å²) in [5.41, 5.74) is 2.51. The minimum atomic E-state index is -0.414. The number of aromatic nitrogens is 1. The molecule has 0 aliphatic heterocycles. The molecule has 4 nitrogen and oxygen atoms in total. The zero-order valence-electron chi connectivity index (χ0n) is 12.9. The zero-order valence-corrected chi connectivity index (χ0v) is 12.9. The van der Waals surface area contributed by atoms with Crippen molar-refractivity contribution in [3.63, 3.8) is 0 Å². The molecule has 2 N–H and O–H groups in total. The van der Waals surface area contributed by atoms with Crippen molar-refractivity contribution < 1.29 is 9.53 Å². The van der Waals surface area contributed by atoms with Crippen LogP contribution in [0, 0.1) is 0 Å². The number of nitrogens with one attached hydrogen (secondary N) is 2. The number of ether oxygens (including phenoxy) is 1. The standard InChI is InChI=1S/C19H18N2O2/c1-23-14-6-4-5-13(11-14)21-18(22)19(9-10-19)16-12-20-17-8-3-2-7-15(16)17/h2-8,11-12,20H,9-10H2,1H3,(H,21,22). The van der Waals surface area contributed by atoms with Gasteiger partial charge in [-0.2, -0.15) is 0 Å². The molecule has 1 heterocycles. The van der Waals surface area contributed by atoms with Crippen molar-refractivity contribution in [1.82, 2.24) is 4.98 Å². The van der Waals surface area contributed by atoms with Crippen molar-refractivity contribution in [3.8, 4) is 5.75 Å². The van der Waals surface area contributed by atoms with Gasteiger partial charge >= 0.3 is 0 Å². The van der Waals surface area contributed by atoms with Crippen molar-refractivity contribution >= 4 is 22.5 Å². The predicted octanol–water partition coefficient (Wildman–Crippen LogP) is 3.85. The van der Waals surface area contributed by atoms with Crippen LogP contribution < -0.4 is 10.1 Å². The summed E-state index contributed by atoms with van der Waals surface area (Å²) in [7, 11) is 1.62. The fourth-order valence-electron chi connectivity index (χ4n) is 3.16. The number of aromatic amines is 1. The van der Waals surface area contributed by atoms with Gasteiger partial charge in [-0.25, -0.2) is 0 Å². The number of para-hydroxylation sites is 1. The molecule has 1 saturated carbocycles. The molecule has 2 aromatic carbocycles. The first-order chi connectivity index (χ1) is 11.2. The quantitative estimate of drug-likeness (QED) is 0.769. The topological polar surface area (TPSA) is 54.1 Å². The second-order valence-corrected chi connectivity index (χ2v) is 6.02. The minimum absolute atomic E-state index is 0.0514. The van der Waals surface area contributed by atoms with Crippen LogP contribution in [0.2, 0.25) is 0 Å². The third-order valence-corrected chi connectivity index (χ3v) is 4.62. The average Bonchev–Trinajstić information content (AvgIpc) is 3.28. The van der Waals surface area contributed by atoms with Crippen molar-refractivity contribution in [2.45, 2.75) is 18.3 Å². The monoisotopic (exact) mass is 306 g/mol. The van der Waals surface area contributed by atoms with Crippen molar-refractivity contribution in [3.05, 3.63) is 60.3 Å². The normalized spacial score (nSPS) is 15.3. The molecule has 23 heavy (non-hydrogen) atoms. The summed E-state index contributed by atoms with van der Waals surface area (Å²) in [5.74, 6) is 0.787. The maximum atomic E-state index is 12.9. The molecule has 3 aromatic rings. The first kappa shape index (κ1) is 13.9. The first-order valence-corrected chi connectivity index (χ1v) is 7.75. The van der Waals surface area contributed by atoms with E-state index in [9.17, 15) is 4.79 Å². The average molecular weight is 306 g/mol. The lowest BCUT2D eigenvalue weighted by Crippen LogP contribution is -2.27. The molecule has 0 saturated heterocycles. The number of hydrogen-bond acceptors (Lipinski definition) is 2. The van der Waals surface area contributed by atoms with E-state index in [1.54, 1.807) is 7.11 Å². The minimum Gasteiger partial charge on any atom is -0.497 e. The fourth-order valence-corrected chi connectivity index (χ4v) is 3.16. The highest BCUT2D eigenvalue weighted by atomic mass is 16.5. The lowest BCUT2D eigenvalue weighted by molar-refractivity contribution is -0.118. The van der Waals surface area contributed by atoms with Crippen LogP contribution in [0.5, 0.6) is 5.75 Å². The summed E-state index contributed by atoms with van der Waals surface area (Å²) in [6.07, 6.45) is 3.73. The number of rotatable bonds is 4. The second-order valence-electron chi connectivity index (χ2n) is 6.02. The Hall–Kier alpha value is -2.75. The molecular weight excluding hydrogens is 288 g/mol. The Morgan fingerprint density at radius 1 is 1.17 bits per heavy atom. The number of H-pyrrole nitrogens is 1. The van der Waals surface area contributed by atoms with Gasteiger partial charge in [0.1, 0.15) is 5.75 Å². The zero-order chi connectivity index (χ0) is 15.9. The molecule has 4 heteroatoms. The smallest absolute Gasteiger partial charge is 0.235 e. The molecule has 0 unspecified atom stereocenters. The number of amides is 1. The molecule has 0 radical (unpaired) electrons. The molecule has 0 bridgehead atoms. The van der Waals surface area contributed by atoms with Crippen LogP contribution in [0.1, 0.15) is 18.4 Å². The molecule has 0 atom stereocenters. The van der Waals surface area contributed by atoms with Gasteiger partial charge in [-0.05, 0) is 36.6 Å². The summed E-state index contributed by atoms with van der Waals surface area (Å²) in [4.78, 5) is 16.1. The molecule has 1 amide bonds. The van der Waals surface area contributed by atoms with Gasteiger partial charge in [-0.15, -0.1) is 0 Å². The van der Waals surface area contributed by atoms with E-state index < -0.39 is 5.41 Å². The Kier molecular flexibility index (Phi) is 3.11. The number of methoxy groups -OCH3 is 1. The highest BCUT2D eigenvalue weighted by molar-refractivity contribution is 6.04. The Labute approximate surface area is 134 Å². The Morgan fingerprint density at radius 3 is 2.78 bits per heavy atom. The van der Waals surface area contributed by atoms with Crippen molar-refractivity contribution in [1.29, 1.82) is 0 Å². The van der Waals surface area contributed by atoms with E-state index >= 15 is 0 Å².